The fourth-order valence-electron chi connectivity index (χ4n) is 2.53. The first-order valence-corrected chi connectivity index (χ1v) is 7.14. The van der Waals surface area contributed by atoms with Crippen LogP contribution < -0.4 is 10.1 Å². The molecule has 0 aliphatic heterocycles. The highest BCUT2D eigenvalue weighted by Crippen LogP contribution is 2.49. The van der Waals surface area contributed by atoms with E-state index >= 15 is 0 Å². The molecule has 3 rings (SSSR count). The van der Waals surface area contributed by atoms with Gasteiger partial charge in [0.1, 0.15) is 5.75 Å². The molecule has 0 unspecified atom stereocenters. The molecule has 0 radical (unpaired) electrons. The molecule has 1 aromatic rings. The number of hydrogen-bond donors (Lipinski definition) is 1. The third kappa shape index (κ3) is 2.81. The van der Waals surface area contributed by atoms with Gasteiger partial charge >= 0.3 is 0 Å². The molecule has 2 aliphatic carbocycles. The van der Waals surface area contributed by atoms with Crippen molar-refractivity contribution in [3.05, 3.63) is 28.8 Å². The summed E-state index contributed by atoms with van der Waals surface area (Å²) in [6.45, 7) is 1.15. The first kappa shape index (κ1) is 12.3. The summed E-state index contributed by atoms with van der Waals surface area (Å²) >= 11 is 6.09. The average molecular weight is 266 g/mol. The lowest BCUT2D eigenvalue weighted by molar-refractivity contribution is 0.396. The summed E-state index contributed by atoms with van der Waals surface area (Å²) in [4.78, 5) is 0. The lowest BCUT2D eigenvalue weighted by atomic mass is 9.95. The van der Waals surface area contributed by atoms with Gasteiger partial charge in [-0.25, -0.2) is 0 Å². The van der Waals surface area contributed by atoms with Crippen molar-refractivity contribution in [3.63, 3.8) is 0 Å². The molecule has 0 amide bonds. The van der Waals surface area contributed by atoms with Crippen LogP contribution in [0.4, 0.5) is 0 Å². The Labute approximate surface area is 114 Å². The minimum atomic E-state index is 0.459. The maximum absolute atomic E-state index is 6.09. The van der Waals surface area contributed by atoms with Gasteiger partial charge in [-0.1, -0.05) is 11.6 Å². The van der Waals surface area contributed by atoms with Crippen LogP contribution in [0.25, 0.3) is 0 Å². The topological polar surface area (TPSA) is 21.3 Å². The highest BCUT2D eigenvalue weighted by Gasteiger charge is 2.43. The van der Waals surface area contributed by atoms with Gasteiger partial charge in [0.05, 0.1) is 7.11 Å². The molecular weight excluding hydrogens is 246 g/mol. The predicted octanol–water partition coefficient (Wildman–Crippen LogP) is 3.42. The zero-order chi connectivity index (χ0) is 12.6. The van der Waals surface area contributed by atoms with Crippen LogP contribution >= 0.6 is 11.6 Å². The molecular formula is C15H20ClNO. The van der Waals surface area contributed by atoms with E-state index in [0.717, 1.165) is 29.8 Å². The van der Waals surface area contributed by atoms with E-state index in [9.17, 15) is 0 Å². The molecule has 1 N–H and O–H groups in total. The van der Waals surface area contributed by atoms with Crippen molar-refractivity contribution in [2.24, 2.45) is 5.41 Å². The Balaban J connectivity index is 1.68. The van der Waals surface area contributed by atoms with Gasteiger partial charge in [0.25, 0.3) is 0 Å². The summed E-state index contributed by atoms with van der Waals surface area (Å²) < 4.78 is 5.43. The van der Waals surface area contributed by atoms with Crippen LogP contribution in [-0.4, -0.2) is 19.7 Å². The van der Waals surface area contributed by atoms with Crippen LogP contribution in [0.1, 0.15) is 31.2 Å². The van der Waals surface area contributed by atoms with E-state index in [1.807, 2.05) is 12.1 Å². The highest BCUT2D eigenvalue weighted by atomic mass is 35.5. The SMILES string of the molecule is COc1ccc(Cl)cc1CC1(CNC2CC2)CC1. The fourth-order valence-corrected chi connectivity index (χ4v) is 2.73. The molecule has 3 heteroatoms. The Kier molecular flexibility index (Phi) is 3.25. The molecule has 98 valence electrons. The third-order valence-corrected chi connectivity index (χ3v) is 4.34. The Morgan fingerprint density at radius 2 is 2.17 bits per heavy atom. The summed E-state index contributed by atoms with van der Waals surface area (Å²) in [5, 5.41) is 4.46. The van der Waals surface area contributed by atoms with E-state index in [2.05, 4.69) is 11.4 Å². The third-order valence-electron chi connectivity index (χ3n) is 4.11. The van der Waals surface area contributed by atoms with Crippen molar-refractivity contribution in [3.8, 4) is 5.75 Å². The monoisotopic (exact) mass is 265 g/mol. The highest BCUT2D eigenvalue weighted by molar-refractivity contribution is 6.30. The van der Waals surface area contributed by atoms with E-state index in [-0.39, 0.29) is 0 Å². The van der Waals surface area contributed by atoms with Gasteiger partial charge in [0.2, 0.25) is 0 Å². The zero-order valence-corrected chi connectivity index (χ0v) is 11.6. The smallest absolute Gasteiger partial charge is 0.122 e. The molecule has 0 heterocycles. The zero-order valence-electron chi connectivity index (χ0n) is 10.8. The van der Waals surface area contributed by atoms with Crippen molar-refractivity contribution in [1.29, 1.82) is 0 Å². The Morgan fingerprint density at radius 1 is 1.39 bits per heavy atom. The molecule has 0 aromatic heterocycles. The van der Waals surface area contributed by atoms with Gasteiger partial charge in [-0.15, -0.1) is 0 Å². The molecule has 0 atom stereocenters. The number of methoxy groups -OCH3 is 1. The fraction of sp³-hybridized carbons (Fsp3) is 0.600. The minimum absolute atomic E-state index is 0.459. The normalized spacial score (nSPS) is 20.8. The molecule has 2 saturated carbocycles. The number of benzene rings is 1. The van der Waals surface area contributed by atoms with Crippen LogP contribution in [-0.2, 0) is 6.42 Å². The van der Waals surface area contributed by atoms with Crippen molar-refractivity contribution in [2.45, 2.75) is 38.1 Å². The summed E-state index contributed by atoms with van der Waals surface area (Å²) in [6.07, 6.45) is 6.44. The lowest BCUT2D eigenvalue weighted by Gasteiger charge is -2.18. The second-order valence-corrected chi connectivity index (χ2v) is 6.22. The summed E-state index contributed by atoms with van der Waals surface area (Å²) in [5.74, 6) is 0.970. The summed E-state index contributed by atoms with van der Waals surface area (Å²) in [5.41, 5.74) is 1.71. The molecule has 0 spiro atoms. The lowest BCUT2D eigenvalue weighted by Crippen LogP contribution is -2.27. The number of nitrogens with one attached hydrogen (secondary N) is 1. The maximum Gasteiger partial charge on any atom is 0.122 e. The van der Waals surface area contributed by atoms with Crippen molar-refractivity contribution in [2.75, 3.05) is 13.7 Å². The molecule has 2 fully saturated rings. The molecule has 0 saturated heterocycles. The standard InChI is InChI=1S/C15H20ClNO/c1-18-14-5-2-12(16)8-11(14)9-15(6-7-15)10-17-13-3-4-13/h2,5,8,13,17H,3-4,6-7,9-10H2,1H3. The Morgan fingerprint density at radius 3 is 2.78 bits per heavy atom. The van der Waals surface area contributed by atoms with E-state index in [1.54, 1.807) is 7.11 Å². The molecule has 1 aromatic carbocycles. The second kappa shape index (κ2) is 4.75. The number of hydrogen-bond acceptors (Lipinski definition) is 2. The molecule has 2 nitrogen and oxygen atoms in total. The van der Waals surface area contributed by atoms with E-state index in [4.69, 9.17) is 16.3 Å². The van der Waals surface area contributed by atoms with Crippen LogP contribution in [0.2, 0.25) is 5.02 Å². The van der Waals surface area contributed by atoms with Gasteiger partial charge in [0.15, 0.2) is 0 Å². The molecule has 0 bridgehead atoms. The summed E-state index contributed by atoms with van der Waals surface area (Å²) in [7, 11) is 1.73. The average Bonchev–Trinajstić information content (AvgIpc) is 3.23. The maximum atomic E-state index is 6.09. The Hall–Kier alpha value is -0.730. The van der Waals surface area contributed by atoms with Gasteiger partial charge in [-0.2, -0.15) is 0 Å². The molecule has 18 heavy (non-hydrogen) atoms. The van der Waals surface area contributed by atoms with E-state index in [1.165, 1.54) is 31.2 Å². The van der Waals surface area contributed by atoms with Gasteiger partial charge < -0.3 is 10.1 Å². The van der Waals surface area contributed by atoms with Crippen molar-refractivity contribution >= 4 is 11.6 Å². The van der Waals surface area contributed by atoms with Crippen LogP contribution in [0, 0.1) is 5.41 Å². The summed E-state index contributed by atoms with van der Waals surface area (Å²) in [6, 6.07) is 6.72. The predicted molar refractivity (Wildman–Crippen MR) is 74.4 cm³/mol. The van der Waals surface area contributed by atoms with E-state index < -0.39 is 0 Å². The Bertz CT molecular complexity index is 438. The van der Waals surface area contributed by atoms with E-state index in [0.29, 0.717) is 5.41 Å². The number of halogens is 1. The molecule has 2 aliphatic rings. The number of ether oxygens (including phenoxy) is 1. The quantitative estimate of drug-likeness (QED) is 0.851. The van der Waals surface area contributed by atoms with Crippen molar-refractivity contribution < 1.29 is 4.74 Å². The van der Waals surface area contributed by atoms with Crippen LogP contribution in [0.5, 0.6) is 5.75 Å². The van der Waals surface area contributed by atoms with Gasteiger partial charge in [-0.3, -0.25) is 0 Å². The van der Waals surface area contributed by atoms with Crippen LogP contribution in [0.15, 0.2) is 18.2 Å². The van der Waals surface area contributed by atoms with Gasteiger partial charge in [0, 0.05) is 17.6 Å². The van der Waals surface area contributed by atoms with Crippen LogP contribution in [0.3, 0.4) is 0 Å². The van der Waals surface area contributed by atoms with Crippen molar-refractivity contribution in [1.82, 2.24) is 5.32 Å². The first-order valence-electron chi connectivity index (χ1n) is 6.77. The number of rotatable bonds is 6. The van der Waals surface area contributed by atoms with Gasteiger partial charge in [-0.05, 0) is 61.3 Å². The second-order valence-electron chi connectivity index (χ2n) is 5.79. The largest absolute Gasteiger partial charge is 0.496 e. The minimum Gasteiger partial charge on any atom is -0.496 e. The first-order chi connectivity index (χ1) is 8.71.